The first-order chi connectivity index (χ1) is 16.7. The molecule has 0 atom stereocenters. The van der Waals surface area contributed by atoms with Crippen molar-refractivity contribution >= 4 is 22.4 Å². The molecule has 174 valence electrons. The molecule has 2 heterocycles. The Balaban J connectivity index is 1.49. The van der Waals surface area contributed by atoms with Gasteiger partial charge < -0.3 is 15.4 Å². The highest BCUT2D eigenvalue weighted by Gasteiger charge is 2.17. The predicted molar refractivity (Wildman–Crippen MR) is 139 cm³/mol. The molecule has 1 aliphatic carbocycles. The second-order valence-corrected chi connectivity index (χ2v) is 8.85. The fraction of sp³-hybridized carbons (Fsp3) is 0.321. The zero-order valence-electron chi connectivity index (χ0n) is 19.8. The van der Waals surface area contributed by atoms with Gasteiger partial charge in [0.05, 0.1) is 11.3 Å². The van der Waals surface area contributed by atoms with Gasteiger partial charge in [-0.25, -0.2) is 15.0 Å². The van der Waals surface area contributed by atoms with Crippen LogP contribution in [0, 0.1) is 6.92 Å². The van der Waals surface area contributed by atoms with Crippen molar-refractivity contribution in [1.29, 1.82) is 0 Å². The van der Waals surface area contributed by atoms with Crippen LogP contribution >= 0.6 is 0 Å². The number of pyridine rings is 1. The first kappa shape index (κ1) is 22.1. The van der Waals surface area contributed by atoms with Crippen LogP contribution in [0.3, 0.4) is 0 Å². The van der Waals surface area contributed by atoms with Crippen molar-refractivity contribution in [2.24, 2.45) is 0 Å². The summed E-state index contributed by atoms with van der Waals surface area (Å²) in [6, 6.07) is 16.8. The molecule has 0 saturated heterocycles. The van der Waals surface area contributed by atoms with Gasteiger partial charge in [0, 0.05) is 41.4 Å². The number of fused-ring (bicyclic) bond motifs is 1. The number of nitrogens with zero attached hydrogens (tertiary/aromatic N) is 3. The molecule has 1 aliphatic rings. The van der Waals surface area contributed by atoms with Gasteiger partial charge in [0.1, 0.15) is 5.75 Å². The standard InChI is InChI=1S/C28H31N5O/c1-3-29-24-13-7-11-22-21(24)15-14-19(2)26(22)34-27-23(12-8-17-30-27)25-16-18-31-28(33-25)32-20-9-5-4-6-10-20/h7-8,11-18,20,29H,3-6,9-10H2,1-2H3,(H,31,32,33). The molecule has 6 heteroatoms. The molecule has 1 saturated carbocycles. The van der Waals surface area contributed by atoms with Crippen molar-refractivity contribution < 1.29 is 4.74 Å². The quantitative estimate of drug-likeness (QED) is 0.315. The van der Waals surface area contributed by atoms with Crippen LogP contribution in [-0.2, 0) is 0 Å². The maximum atomic E-state index is 6.51. The third-order valence-electron chi connectivity index (χ3n) is 6.42. The van der Waals surface area contributed by atoms with Gasteiger partial charge in [0.25, 0.3) is 0 Å². The average molecular weight is 454 g/mol. The lowest BCUT2D eigenvalue weighted by Gasteiger charge is -2.22. The smallest absolute Gasteiger partial charge is 0.228 e. The Morgan fingerprint density at radius 1 is 0.912 bits per heavy atom. The molecule has 0 radical (unpaired) electrons. The van der Waals surface area contributed by atoms with E-state index in [2.05, 4.69) is 64.8 Å². The number of rotatable bonds is 7. The summed E-state index contributed by atoms with van der Waals surface area (Å²) in [5.74, 6) is 2.01. The highest BCUT2D eigenvalue weighted by atomic mass is 16.5. The number of hydrogen-bond donors (Lipinski definition) is 2. The molecule has 0 amide bonds. The highest BCUT2D eigenvalue weighted by molar-refractivity contribution is 5.98. The number of benzene rings is 2. The molecule has 34 heavy (non-hydrogen) atoms. The zero-order chi connectivity index (χ0) is 23.3. The van der Waals surface area contributed by atoms with E-state index in [1.54, 1.807) is 12.4 Å². The van der Waals surface area contributed by atoms with Crippen LogP contribution in [0.5, 0.6) is 11.6 Å². The minimum absolute atomic E-state index is 0.442. The number of hydrogen-bond acceptors (Lipinski definition) is 6. The van der Waals surface area contributed by atoms with E-state index in [4.69, 9.17) is 9.72 Å². The Kier molecular flexibility index (Phi) is 6.56. The van der Waals surface area contributed by atoms with Gasteiger partial charge in [-0.15, -0.1) is 0 Å². The van der Waals surface area contributed by atoms with Crippen molar-refractivity contribution in [3.8, 4) is 22.9 Å². The fourth-order valence-corrected chi connectivity index (χ4v) is 4.69. The maximum absolute atomic E-state index is 6.51. The normalized spacial score (nSPS) is 14.2. The maximum Gasteiger partial charge on any atom is 0.228 e. The molecular weight excluding hydrogens is 422 g/mol. The predicted octanol–water partition coefficient (Wildman–Crippen LogP) is 6.97. The molecular formula is C28H31N5O. The lowest BCUT2D eigenvalue weighted by molar-refractivity contribution is 0.460. The molecule has 2 aromatic heterocycles. The van der Waals surface area contributed by atoms with Gasteiger partial charge in [-0.3, -0.25) is 0 Å². The molecule has 0 unspecified atom stereocenters. The monoisotopic (exact) mass is 453 g/mol. The third kappa shape index (κ3) is 4.67. The van der Waals surface area contributed by atoms with E-state index < -0.39 is 0 Å². The Morgan fingerprint density at radius 3 is 2.65 bits per heavy atom. The van der Waals surface area contributed by atoms with E-state index in [0.29, 0.717) is 17.9 Å². The van der Waals surface area contributed by atoms with Crippen LogP contribution in [0.2, 0.25) is 0 Å². The van der Waals surface area contributed by atoms with Crippen LogP contribution in [0.25, 0.3) is 22.0 Å². The number of aryl methyl sites for hydroxylation is 1. The van der Waals surface area contributed by atoms with E-state index >= 15 is 0 Å². The summed E-state index contributed by atoms with van der Waals surface area (Å²) in [6.07, 6.45) is 9.74. The second kappa shape index (κ2) is 10.1. The molecule has 1 fully saturated rings. The van der Waals surface area contributed by atoms with Gasteiger partial charge in [-0.1, -0.05) is 43.5 Å². The molecule has 0 spiro atoms. The summed E-state index contributed by atoms with van der Waals surface area (Å²) in [7, 11) is 0. The van der Waals surface area contributed by atoms with Crippen molar-refractivity contribution in [1.82, 2.24) is 15.0 Å². The van der Waals surface area contributed by atoms with Crippen LogP contribution in [-0.4, -0.2) is 27.5 Å². The highest BCUT2D eigenvalue weighted by Crippen LogP contribution is 2.38. The summed E-state index contributed by atoms with van der Waals surface area (Å²) in [5, 5.41) is 9.15. The van der Waals surface area contributed by atoms with Crippen LogP contribution in [0.1, 0.15) is 44.6 Å². The minimum Gasteiger partial charge on any atom is -0.437 e. The molecule has 6 nitrogen and oxygen atoms in total. The van der Waals surface area contributed by atoms with E-state index in [0.717, 1.165) is 45.6 Å². The van der Waals surface area contributed by atoms with Crippen LogP contribution in [0.15, 0.2) is 60.9 Å². The zero-order valence-corrected chi connectivity index (χ0v) is 19.8. The van der Waals surface area contributed by atoms with E-state index in [1.165, 1.54) is 32.1 Å². The average Bonchev–Trinajstić information content (AvgIpc) is 2.87. The second-order valence-electron chi connectivity index (χ2n) is 8.85. The molecule has 0 aliphatic heterocycles. The Labute approximate surface area is 200 Å². The minimum atomic E-state index is 0.442. The molecule has 0 bridgehead atoms. The Morgan fingerprint density at radius 2 is 1.79 bits per heavy atom. The number of anilines is 2. The lowest BCUT2D eigenvalue weighted by atomic mass is 9.96. The van der Waals surface area contributed by atoms with Crippen molar-refractivity contribution in [2.45, 2.75) is 52.0 Å². The van der Waals surface area contributed by atoms with Gasteiger partial charge >= 0.3 is 0 Å². The van der Waals surface area contributed by atoms with E-state index in [-0.39, 0.29) is 0 Å². The van der Waals surface area contributed by atoms with Gasteiger partial charge in [0.2, 0.25) is 11.8 Å². The topological polar surface area (TPSA) is 72.0 Å². The van der Waals surface area contributed by atoms with Crippen LogP contribution in [0.4, 0.5) is 11.6 Å². The van der Waals surface area contributed by atoms with Crippen LogP contribution < -0.4 is 15.4 Å². The van der Waals surface area contributed by atoms with Crippen molar-refractivity contribution in [2.75, 3.05) is 17.2 Å². The SMILES string of the molecule is CCNc1cccc2c(Oc3ncccc3-c3ccnc(NC4CCCCC4)n3)c(C)ccc12. The molecule has 2 N–H and O–H groups in total. The lowest BCUT2D eigenvalue weighted by Crippen LogP contribution is -2.23. The van der Waals surface area contributed by atoms with Crippen molar-refractivity contribution in [3.05, 3.63) is 66.5 Å². The number of nitrogens with one attached hydrogen (secondary N) is 2. The molecule has 2 aromatic carbocycles. The molecule has 5 rings (SSSR count). The number of ether oxygens (including phenoxy) is 1. The third-order valence-corrected chi connectivity index (χ3v) is 6.42. The van der Waals surface area contributed by atoms with E-state index in [1.807, 2.05) is 18.2 Å². The fourth-order valence-electron chi connectivity index (χ4n) is 4.69. The van der Waals surface area contributed by atoms with Gasteiger partial charge in [-0.2, -0.15) is 0 Å². The first-order valence-corrected chi connectivity index (χ1v) is 12.2. The largest absolute Gasteiger partial charge is 0.437 e. The van der Waals surface area contributed by atoms with Crippen molar-refractivity contribution in [3.63, 3.8) is 0 Å². The molecule has 4 aromatic rings. The summed E-state index contributed by atoms with van der Waals surface area (Å²) in [6.45, 7) is 5.02. The first-order valence-electron chi connectivity index (χ1n) is 12.2. The van der Waals surface area contributed by atoms with Gasteiger partial charge in [-0.05, 0) is 56.5 Å². The summed E-state index contributed by atoms with van der Waals surface area (Å²) in [5.41, 5.74) is 3.79. The Hall–Kier alpha value is -3.67. The van der Waals surface area contributed by atoms with E-state index in [9.17, 15) is 0 Å². The summed E-state index contributed by atoms with van der Waals surface area (Å²) >= 11 is 0. The summed E-state index contributed by atoms with van der Waals surface area (Å²) < 4.78 is 6.51. The van der Waals surface area contributed by atoms with Gasteiger partial charge in [0.15, 0.2) is 0 Å². The summed E-state index contributed by atoms with van der Waals surface area (Å²) in [4.78, 5) is 13.9. The number of aromatic nitrogens is 3. The Bertz CT molecular complexity index is 1280.